The van der Waals surface area contributed by atoms with Crippen molar-refractivity contribution < 1.29 is 14.3 Å². The van der Waals surface area contributed by atoms with Gasteiger partial charge in [-0.25, -0.2) is 0 Å². The summed E-state index contributed by atoms with van der Waals surface area (Å²) in [5.41, 5.74) is 2.05. The van der Waals surface area contributed by atoms with Gasteiger partial charge in [-0.15, -0.1) is 0 Å². The van der Waals surface area contributed by atoms with E-state index in [-0.39, 0.29) is 5.91 Å². The molecule has 4 nitrogen and oxygen atoms in total. The van der Waals surface area contributed by atoms with E-state index >= 15 is 0 Å². The van der Waals surface area contributed by atoms with Crippen molar-refractivity contribution in [2.75, 3.05) is 19.0 Å². The van der Waals surface area contributed by atoms with Crippen molar-refractivity contribution in [2.24, 2.45) is 0 Å². The van der Waals surface area contributed by atoms with Crippen LogP contribution in [0, 0.1) is 6.92 Å². The molecule has 0 saturated heterocycles. The first kappa shape index (κ1) is 17.6. The smallest absolute Gasteiger partial charge is 0.255 e. The Hall–Kier alpha value is -1.72. The number of methoxy groups -OCH3 is 1. The summed E-state index contributed by atoms with van der Waals surface area (Å²) in [7, 11) is 1.55. The summed E-state index contributed by atoms with van der Waals surface area (Å²) < 4.78 is 11.5. The Labute approximate surface area is 148 Å². The first-order chi connectivity index (χ1) is 11.0. The largest absolute Gasteiger partial charge is 0.492 e. The molecule has 2 aromatic carbocycles. The summed E-state index contributed by atoms with van der Waals surface area (Å²) in [6.45, 7) is 4.25. The van der Waals surface area contributed by atoms with E-state index in [1.54, 1.807) is 31.4 Å². The standard InChI is InChI=1S/C17H17BrClNO3/c1-4-23-15-8-11(7-13(18)16(15)22-3)17(21)20-12-6-5-10(2)14(19)9-12/h5-9H,4H2,1-3H3,(H,20,21). The highest BCUT2D eigenvalue weighted by Gasteiger charge is 2.15. The molecule has 6 heteroatoms. The molecule has 0 heterocycles. The molecular weight excluding hydrogens is 382 g/mol. The molecule has 0 aliphatic carbocycles. The van der Waals surface area contributed by atoms with Crippen molar-refractivity contribution in [3.63, 3.8) is 0 Å². The van der Waals surface area contributed by atoms with Crippen LogP contribution in [0.25, 0.3) is 0 Å². The monoisotopic (exact) mass is 397 g/mol. The lowest BCUT2D eigenvalue weighted by Gasteiger charge is -2.13. The molecular formula is C17H17BrClNO3. The molecule has 0 bridgehead atoms. The van der Waals surface area contributed by atoms with Crippen molar-refractivity contribution in [1.82, 2.24) is 0 Å². The number of carbonyl (C=O) groups excluding carboxylic acids is 1. The molecule has 1 amide bonds. The van der Waals surface area contributed by atoms with Crippen LogP contribution in [0.15, 0.2) is 34.8 Å². The molecule has 0 aliphatic rings. The molecule has 2 rings (SSSR count). The lowest BCUT2D eigenvalue weighted by atomic mass is 10.1. The topological polar surface area (TPSA) is 47.6 Å². The van der Waals surface area contributed by atoms with Gasteiger partial charge in [0.1, 0.15) is 0 Å². The average molecular weight is 399 g/mol. The van der Waals surface area contributed by atoms with Crippen molar-refractivity contribution in [3.05, 3.63) is 51.0 Å². The maximum absolute atomic E-state index is 12.4. The van der Waals surface area contributed by atoms with E-state index in [1.807, 2.05) is 19.9 Å². The summed E-state index contributed by atoms with van der Waals surface area (Å²) >= 11 is 9.48. The molecule has 23 heavy (non-hydrogen) atoms. The number of rotatable bonds is 5. The maximum atomic E-state index is 12.4. The summed E-state index contributed by atoms with van der Waals surface area (Å²) in [6, 6.07) is 8.72. The number of amides is 1. The van der Waals surface area contributed by atoms with Crippen LogP contribution in [0.4, 0.5) is 5.69 Å². The third kappa shape index (κ3) is 4.18. The fourth-order valence-electron chi connectivity index (χ4n) is 2.03. The van der Waals surface area contributed by atoms with Gasteiger partial charge in [-0.05, 0) is 59.6 Å². The van der Waals surface area contributed by atoms with E-state index in [4.69, 9.17) is 21.1 Å². The van der Waals surface area contributed by atoms with Crippen LogP contribution in [0.5, 0.6) is 11.5 Å². The van der Waals surface area contributed by atoms with E-state index in [9.17, 15) is 4.79 Å². The second kappa shape index (κ2) is 7.70. The van der Waals surface area contributed by atoms with Gasteiger partial charge in [0.15, 0.2) is 11.5 Å². The summed E-state index contributed by atoms with van der Waals surface area (Å²) in [5.74, 6) is 0.812. The van der Waals surface area contributed by atoms with Crippen LogP contribution < -0.4 is 14.8 Å². The van der Waals surface area contributed by atoms with Crippen LogP contribution in [0.2, 0.25) is 5.02 Å². The number of ether oxygens (including phenoxy) is 2. The molecule has 0 aromatic heterocycles. The Kier molecular flexibility index (Phi) is 5.91. The van der Waals surface area contributed by atoms with Gasteiger partial charge in [-0.1, -0.05) is 17.7 Å². The third-order valence-corrected chi connectivity index (χ3v) is 4.20. The van der Waals surface area contributed by atoms with Gasteiger partial charge >= 0.3 is 0 Å². The fraction of sp³-hybridized carbons (Fsp3) is 0.235. The molecule has 1 N–H and O–H groups in total. The Bertz CT molecular complexity index is 734. The predicted molar refractivity (Wildman–Crippen MR) is 96.0 cm³/mol. The number of carbonyl (C=O) groups is 1. The van der Waals surface area contributed by atoms with E-state index in [1.165, 1.54) is 0 Å². The summed E-state index contributed by atoms with van der Waals surface area (Å²) in [5, 5.41) is 3.42. The first-order valence-corrected chi connectivity index (χ1v) is 8.21. The van der Waals surface area contributed by atoms with Crippen molar-refractivity contribution in [3.8, 4) is 11.5 Å². The molecule has 0 saturated carbocycles. The molecule has 0 aliphatic heterocycles. The minimum absolute atomic E-state index is 0.255. The lowest BCUT2D eigenvalue weighted by molar-refractivity contribution is 0.102. The number of hydrogen-bond acceptors (Lipinski definition) is 3. The molecule has 0 atom stereocenters. The number of halogens is 2. The van der Waals surface area contributed by atoms with Crippen LogP contribution >= 0.6 is 27.5 Å². The van der Waals surface area contributed by atoms with Gasteiger partial charge in [-0.2, -0.15) is 0 Å². The summed E-state index contributed by atoms with van der Waals surface area (Å²) in [4.78, 5) is 12.4. The highest BCUT2D eigenvalue weighted by molar-refractivity contribution is 9.10. The zero-order valence-electron chi connectivity index (χ0n) is 13.1. The molecule has 0 unspecified atom stereocenters. The van der Waals surface area contributed by atoms with Crippen molar-refractivity contribution in [1.29, 1.82) is 0 Å². The van der Waals surface area contributed by atoms with Gasteiger partial charge in [-0.3, -0.25) is 4.79 Å². The number of aryl methyl sites for hydroxylation is 1. The molecule has 0 spiro atoms. The Balaban J connectivity index is 2.29. The highest BCUT2D eigenvalue weighted by Crippen LogP contribution is 2.36. The quantitative estimate of drug-likeness (QED) is 0.765. The average Bonchev–Trinajstić information content (AvgIpc) is 2.51. The highest BCUT2D eigenvalue weighted by atomic mass is 79.9. The zero-order chi connectivity index (χ0) is 17.0. The van der Waals surface area contributed by atoms with Crippen LogP contribution in [-0.4, -0.2) is 19.6 Å². The van der Waals surface area contributed by atoms with Gasteiger partial charge in [0, 0.05) is 16.3 Å². The number of benzene rings is 2. The SMILES string of the molecule is CCOc1cc(C(=O)Nc2ccc(C)c(Cl)c2)cc(Br)c1OC. The molecule has 2 aromatic rings. The van der Waals surface area contributed by atoms with Crippen molar-refractivity contribution in [2.45, 2.75) is 13.8 Å². The molecule has 122 valence electrons. The molecule has 0 radical (unpaired) electrons. The van der Waals surface area contributed by atoms with Gasteiger partial charge < -0.3 is 14.8 Å². The van der Waals surface area contributed by atoms with Gasteiger partial charge in [0.05, 0.1) is 18.2 Å². The van der Waals surface area contributed by atoms with Gasteiger partial charge in [0.2, 0.25) is 0 Å². The normalized spacial score (nSPS) is 10.3. The van der Waals surface area contributed by atoms with E-state index < -0.39 is 0 Å². The lowest BCUT2D eigenvalue weighted by Crippen LogP contribution is -2.12. The number of anilines is 1. The Morgan fingerprint density at radius 3 is 2.65 bits per heavy atom. The fourth-order valence-corrected chi connectivity index (χ4v) is 2.82. The number of hydrogen-bond donors (Lipinski definition) is 1. The minimum Gasteiger partial charge on any atom is -0.492 e. The minimum atomic E-state index is -0.255. The predicted octanol–water partition coefficient (Wildman–Crippen LogP) is 5.07. The molecule has 0 fully saturated rings. The third-order valence-electron chi connectivity index (χ3n) is 3.21. The van der Waals surface area contributed by atoms with Crippen LogP contribution in [0.3, 0.4) is 0 Å². The van der Waals surface area contributed by atoms with Gasteiger partial charge in [0.25, 0.3) is 5.91 Å². The second-order valence-corrected chi connectivity index (χ2v) is 6.10. The second-order valence-electron chi connectivity index (χ2n) is 4.84. The van der Waals surface area contributed by atoms with E-state index in [2.05, 4.69) is 21.2 Å². The Morgan fingerprint density at radius 1 is 1.30 bits per heavy atom. The van der Waals surface area contributed by atoms with Crippen LogP contribution in [0.1, 0.15) is 22.8 Å². The van der Waals surface area contributed by atoms with E-state index in [0.29, 0.717) is 38.9 Å². The van der Waals surface area contributed by atoms with E-state index in [0.717, 1.165) is 5.56 Å². The van der Waals surface area contributed by atoms with Crippen LogP contribution in [-0.2, 0) is 0 Å². The first-order valence-electron chi connectivity index (χ1n) is 7.04. The zero-order valence-corrected chi connectivity index (χ0v) is 15.4. The maximum Gasteiger partial charge on any atom is 0.255 e. The summed E-state index contributed by atoms with van der Waals surface area (Å²) in [6.07, 6.45) is 0. The van der Waals surface area contributed by atoms with Crippen molar-refractivity contribution >= 4 is 39.1 Å². The number of nitrogens with one attached hydrogen (secondary N) is 1. The Morgan fingerprint density at radius 2 is 2.04 bits per heavy atom.